The number of urea groups is 1. The summed E-state index contributed by atoms with van der Waals surface area (Å²) in [5.41, 5.74) is 3.49. The Hall–Kier alpha value is -1.91. The molecule has 1 aromatic carbocycles. The van der Waals surface area contributed by atoms with Crippen molar-refractivity contribution in [2.45, 2.75) is 39.2 Å². The molecule has 120 valence electrons. The Balaban J connectivity index is 1.72. The number of fused-ring (bicyclic) bond motifs is 2. The quantitative estimate of drug-likeness (QED) is 0.909. The molecule has 2 amide bonds. The van der Waals surface area contributed by atoms with Crippen LogP contribution in [-0.2, 0) is 19.4 Å². The zero-order valence-electron chi connectivity index (χ0n) is 13.4. The van der Waals surface area contributed by atoms with Crippen LogP contribution in [0.2, 0.25) is 0 Å². The first kappa shape index (κ1) is 15.0. The van der Waals surface area contributed by atoms with Gasteiger partial charge in [-0.15, -0.1) is 0 Å². The summed E-state index contributed by atoms with van der Waals surface area (Å²) in [6, 6.07) is 2.07. The first-order valence-corrected chi connectivity index (χ1v) is 8.13. The van der Waals surface area contributed by atoms with Crippen molar-refractivity contribution in [3.05, 3.63) is 22.8 Å². The molecule has 3 rings (SSSR count). The third-order valence-corrected chi connectivity index (χ3v) is 4.37. The average molecular weight is 304 g/mol. The number of ether oxygens (including phenoxy) is 2. The maximum atomic E-state index is 12.2. The van der Waals surface area contributed by atoms with Crippen molar-refractivity contribution in [3.63, 3.8) is 0 Å². The molecule has 5 nitrogen and oxygen atoms in total. The minimum absolute atomic E-state index is 0.0308. The monoisotopic (exact) mass is 304 g/mol. The van der Waals surface area contributed by atoms with Gasteiger partial charge in [-0.25, -0.2) is 4.79 Å². The fourth-order valence-electron chi connectivity index (χ4n) is 3.07. The van der Waals surface area contributed by atoms with Crippen LogP contribution in [0.1, 0.15) is 36.5 Å². The van der Waals surface area contributed by atoms with E-state index in [0.29, 0.717) is 6.54 Å². The maximum Gasteiger partial charge on any atom is 0.317 e. The van der Waals surface area contributed by atoms with Crippen molar-refractivity contribution >= 4 is 6.03 Å². The largest absolute Gasteiger partial charge is 0.493 e. The molecule has 0 atom stereocenters. The molecule has 0 aliphatic carbocycles. The van der Waals surface area contributed by atoms with Crippen LogP contribution < -0.4 is 14.8 Å². The number of unbranched alkanes of at least 4 members (excludes halogenated alkanes) is 1. The third-order valence-electron chi connectivity index (χ3n) is 4.37. The van der Waals surface area contributed by atoms with Gasteiger partial charge < -0.3 is 19.7 Å². The molecule has 0 aromatic heterocycles. The smallest absolute Gasteiger partial charge is 0.317 e. The number of hydrogen-bond donors (Lipinski definition) is 1. The van der Waals surface area contributed by atoms with Gasteiger partial charge in [-0.1, -0.05) is 13.3 Å². The first-order valence-electron chi connectivity index (χ1n) is 8.13. The van der Waals surface area contributed by atoms with Gasteiger partial charge in [-0.3, -0.25) is 0 Å². The molecule has 0 saturated carbocycles. The molecule has 1 N–H and O–H groups in total. The molecule has 0 radical (unpaired) electrons. The van der Waals surface area contributed by atoms with Crippen molar-refractivity contribution in [2.24, 2.45) is 0 Å². The highest BCUT2D eigenvalue weighted by Crippen LogP contribution is 2.40. The average Bonchev–Trinajstić information content (AvgIpc) is 3.17. The second-order valence-electron chi connectivity index (χ2n) is 5.95. The van der Waals surface area contributed by atoms with E-state index in [1.807, 2.05) is 7.05 Å². The summed E-state index contributed by atoms with van der Waals surface area (Å²) in [5, 5.41) is 3.02. The van der Waals surface area contributed by atoms with E-state index >= 15 is 0 Å². The Bertz CT molecular complexity index is 539. The first-order chi connectivity index (χ1) is 10.7. The summed E-state index contributed by atoms with van der Waals surface area (Å²) in [6.45, 7) is 4.85. The zero-order chi connectivity index (χ0) is 15.5. The van der Waals surface area contributed by atoms with Gasteiger partial charge >= 0.3 is 6.03 Å². The van der Waals surface area contributed by atoms with Gasteiger partial charge in [0.05, 0.1) is 13.2 Å². The lowest BCUT2D eigenvalue weighted by molar-refractivity contribution is 0.207. The van der Waals surface area contributed by atoms with Crippen LogP contribution >= 0.6 is 0 Å². The topological polar surface area (TPSA) is 50.8 Å². The molecule has 1 aromatic rings. The van der Waals surface area contributed by atoms with Crippen molar-refractivity contribution in [1.29, 1.82) is 0 Å². The number of amides is 2. The van der Waals surface area contributed by atoms with Crippen LogP contribution in [0.15, 0.2) is 6.07 Å². The van der Waals surface area contributed by atoms with E-state index in [0.717, 1.165) is 62.5 Å². The zero-order valence-corrected chi connectivity index (χ0v) is 13.4. The Morgan fingerprint density at radius 1 is 1.32 bits per heavy atom. The highest BCUT2D eigenvalue weighted by Gasteiger charge is 2.26. The van der Waals surface area contributed by atoms with Gasteiger partial charge in [0.15, 0.2) is 0 Å². The van der Waals surface area contributed by atoms with Crippen LogP contribution in [-0.4, -0.2) is 37.7 Å². The van der Waals surface area contributed by atoms with Gasteiger partial charge in [0, 0.05) is 49.7 Å². The molecule has 0 spiro atoms. The maximum absolute atomic E-state index is 12.2. The molecular weight excluding hydrogens is 280 g/mol. The van der Waals surface area contributed by atoms with Crippen molar-refractivity contribution < 1.29 is 14.3 Å². The van der Waals surface area contributed by atoms with E-state index in [9.17, 15) is 4.79 Å². The molecule has 2 heterocycles. The second-order valence-corrected chi connectivity index (χ2v) is 5.95. The molecule has 0 fully saturated rings. The number of rotatable bonds is 5. The van der Waals surface area contributed by atoms with Crippen LogP contribution in [0.3, 0.4) is 0 Å². The molecule has 0 bridgehead atoms. The van der Waals surface area contributed by atoms with Crippen molar-refractivity contribution in [1.82, 2.24) is 10.2 Å². The Labute approximate surface area is 131 Å². The number of benzene rings is 1. The minimum Gasteiger partial charge on any atom is -0.493 e. The van der Waals surface area contributed by atoms with E-state index < -0.39 is 0 Å². The Kier molecular flexibility index (Phi) is 4.41. The molecule has 2 aliphatic rings. The number of nitrogens with one attached hydrogen (secondary N) is 1. The van der Waals surface area contributed by atoms with Gasteiger partial charge in [0.25, 0.3) is 0 Å². The summed E-state index contributed by atoms with van der Waals surface area (Å²) < 4.78 is 11.5. The van der Waals surface area contributed by atoms with Gasteiger partial charge in [0.1, 0.15) is 11.5 Å². The third kappa shape index (κ3) is 2.85. The molecule has 5 heteroatoms. The van der Waals surface area contributed by atoms with Crippen LogP contribution in [0.5, 0.6) is 11.5 Å². The Morgan fingerprint density at radius 2 is 2.14 bits per heavy atom. The molecule has 2 aliphatic heterocycles. The predicted octanol–water partition coefficient (Wildman–Crippen LogP) is 2.50. The van der Waals surface area contributed by atoms with Gasteiger partial charge in [-0.05, 0) is 12.5 Å². The fourth-order valence-corrected chi connectivity index (χ4v) is 3.07. The van der Waals surface area contributed by atoms with Gasteiger partial charge in [-0.2, -0.15) is 0 Å². The summed E-state index contributed by atoms with van der Waals surface area (Å²) in [6.07, 6.45) is 3.92. The molecule has 0 saturated heterocycles. The predicted molar refractivity (Wildman–Crippen MR) is 84.6 cm³/mol. The summed E-state index contributed by atoms with van der Waals surface area (Å²) in [5.74, 6) is 1.92. The fraction of sp³-hybridized carbons (Fsp3) is 0.588. The lowest BCUT2D eigenvalue weighted by Gasteiger charge is -2.19. The lowest BCUT2D eigenvalue weighted by Crippen LogP contribution is -2.37. The van der Waals surface area contributed by atoms with Crippen LogP contribution in [0.4, 0.5) is 4.79 Å². The lowest BCUT2D eigenvalue weighted by atomic mass is 9.99. The number of hydrogen-bond acceptors (Lipinski definition) is 3. The number of carbonyl (C=O) groups excluding carboxylic acids is 1. The van der Waals surface area contributed by atoms with Crippen LogP contribution in [0, 0.1) is 0 Å². The number of carbonyl (C=O) groups is 1. The summed E-state index contributed by atoms with van der Waals surface area (Å²) >= 11 is 0. The van der Waals surface area contributed by atoms with E-state index in [1.54, 1.807) is 4.90 Å². The highest BCUT2D eigenvalue weighted by molar-refractivity contribution is 5.74. The van der Waals surface area contributed by atoms with E-state index in [4.69, 9.17) is 9.47 Å². The Morgan fingerprint density at radius 3 is 2.95 bits per heavy atom. The second kappa shape index (κ2) is 6.46. The van der Waals surface area contributed by atoms with E-state index in [-0.39, 0.29) is 6.03 Å². The van der Waals surface area contributed by atoms with Gasteiger partial charge in [0.2, 0.25) is 0 Å². The summed E-state index contributed by atoms with van der Waals surface area (Å²) in [4.78, 5) is 13.9. The number of nitrogens with zero attached hydrogens (tertiary/aromatic N) is 1. The minimum atomic E-state index is -0.0308. The van der Waals surface area contributed by atoms with Crippen molar-refractivity contribution in [2.75, 3.05) is 26.8 Å². The standard InChI is InChI=1S/C17H24N2O3/c1-3-4-7-19(2)17(20)18-11-14-13-6-9-21-15(13)10-12-5-8-22-16(12)14/h10H,3-9,11H2,1-2H3,(H,18,20). The summed E-state index contributed by atoms with van der Waals surface area (Å²) in [7, 11) is 1.84. The molecular formula is C17H24N2O3. The van der Waals surface area contributed by atoms with E-state index in [1.165, 1.54) is 11.1 Å². The van der Waals surface area contributed by atoms with Crippen molar-refractivity contribution in [3.8, 4) is 11.5 Å². The SMILES string of the molecule is CCCCN(C)C(=O)NCc1c2c(cc3c1OCC3)OCC2. The highest BCUT2D eigenvalue weighted by atomic mass is 16.5. The van der Waals surface area contributed by atoms with Crippen LogP contribution in [0.25, 0.3) is 0 Å². The van der Waals surface area contributed by atoms with E-state index in [2.05, 4.69) is 18.3 Å². The normalized spacial score (nSPS) is 14.8. The molecule has 0 unspecified atom stereocenters. The molecule has 22 heavy (non-hydrogen) atoms.